The van der Waals surface area contributed by atoms with Crippen molar-refractivity contribution < 1.29 is 13.9 Å². The minimum atomic E-state index is -0.891. The van der Waals surface area contributed by atoms with E-state index in [4.69, 9.17) is 4.74 Å². The van der Waals surface area contributed by atoms with Gasteiger partial charge in [0.15, 0.2) is 0 Å². The van der Waals surface area contributed by atoms with Crippen LogP contribution < -0.4 is 0 Å². The van der Waals surface area contributed by atoms with Gasteiger partial charge in [-0.1, -0.05) is 43.7 Å². The predicted molar refractivity (Wildman–Crippen MR) is 61.4 cm³/mol. The molecule has 0 aliphatic carbocycles. The summed E-state index contributed by atoms with van der Waals surface area (Å²) in [4.78, 5) is 11.2. The molecule has 0 unspecified atom stereocenters. The van der Waals surface area contributed by atoms with Crippen molar-refractivity contribution in [1.29, 1.82) is 0 Å². The zero-order valence-corrected chi connectivity index (χ0v) is 9.28. The lowest BCUT2D eigenvalue weighted by molar-refractivity contribution is -0.140. The van der Waals surface area contributed by atoms with E-state index in [2.05, 4.69) is 0 Å². The van der Waals surface area contributed by atoms with Gasteiger partial charge in [0, 0.05) is 0 Å². The molecule has 3 heteroatoms. The molecule has 2 nitrogen and oxygen atoms in total. The maximum absolute atomic E-state index is 13.3. The van der Waals surface area contributed by atoms with Gasteiger partial charge >= 0.3 is 5.97 Å². The van der Waals surface area contributed by atoms with Crippen molar-refractivity contribution in [3.05, 3.63) is 41.7 Å². The molecular weight excluding hydrogens is 207 g/mol. The molecule has 0 atom stereocenters. The fraction of sp³-hybridized carbons (Fsp3) is 0.308. The van der Waals surface area contributed by atoms with Gasteiger partial charge in [-0.15, -0.1) is 0 Å². The minimum Gasteiger partial charge on any atom is -0.460 e. The van der Waals surface area contributed by atoms with Crippen molar-refractivity contribution >= 4 is 12.0 Å². The molecule has 0 saturated heterocycles. The molecule has 1 aromatic carbocycles. The van der Waals surface area contributed by atoms with Gasteiger partial charge in [-0.2, -0.15) is 4.39 Å². The third-order valence-corrected chi connectivity index (χ3v) is 2.02. The number of carbonyl (C=O) groups is 1. The maximum atomic E-state index is 13.3. The Morgan fingerprint density at radius 2 is 2.06 bits per heavy atom. The molecule has 0 saturated carbocycles. The predicted octanol–water partition coefficient (Wildman–Crippen LogP) is 3.34. The second-order valence-corrected chi connectivity index (χ2v) is 3.39. The largest absolute Gasteiger partial charge is 0.460 e. The highest BCUT2D eigenvalue weighted by Gasteiger charge is 2.09. The summed E-state index contributed by atoms with van der Waals surface area (Å²) in [6, 6.07) is 8.83. The first kappa shape index (κ1) is 12.4. The Morgan fingerprint density at radius 3 is 2.69 bits per heavy atom. The van der Waals surface area contributed by atoms with Crippen molar-refractivity contribution in [2.45, 2.75) is 19.8 Å². The number of rotatable bonds is 5. The lowest BCUT2D eigenvalue weighted by Gasteiger charge is -2.01. The van der Waals surface area contributed by atoms with Crippen molar-refractivity contribution in [1.82, 2.24) is 0 Å². The summed E-state index contributed by atoms with van der Waals surface area (Å²) < 4.78 is 18.0. The molecule has 0 aromatic heterocycles. The lowest BCUT2D eigenvalue weighted by Crippen LogP contribution is -2.05. The highest BCUT2D eigenvalue weighted by Crippen LogP contribution is 2.09. The van der Waals surface area contributed by atoms with E-state index in [0.717, 1.165) is 12.8 Å². The van der Waals surface area contributed by atoms with Crippen molar-refractivity contribution in [3.63, 3.8) is 0 Å². The van der Waals surface area contributed by atoms with Crippen molar-refractivity contribution in [2.24, 2.45) is 0 Å². The first-order chi connectivity index (χ1) is 7.74. The zero-order valence-electron chi connectivity index (χ0n) is 9.28. The molecule has 1 aromatic rings. The van der Waals surface area contributed by atoms with Crippen molar-refractivity contribution in [3.8, 4) is 0 Å². The van der Waals surface area contributed by atoms with E-state index >= 15 is 0 Å². The Bertz CT molecular complexity index is 357. The Morgan fingerprint density at radius 1 is 1.38 bits per heavy atom. The maximum Gasteiger partial charge on any atom is 0.367 e. The van der Waals surface area contributed by atoms with Crippen LogP contribution in [-0.4, -0.2) is 12.6 Å². The molecule has 86 valence electrons. The van der Waals surface area contributed by atoms with Crippen LogP contribution in [0.5, 0.6) is 0 Å². The van der Waals surface area contributed by atoms with Gasteiger partial charge in [-0.3, -0.25) is 0 Å². The van der Waals surface area contributed by atoms with E-state index in [-0.39, 0.29) is 6.61 Å². The number of unbranched alkanes of at least 4 members (excludes halogenated alkanes) is 1. The number of esters is 1. The lowest BCUT2D eigenvalue weighted by atomic mass is 10.2. The molecule has 0 amide bonds. The number of benzene rings is 1. The van der Waals surface area contributed by atoms with Crippen LogP contribution in [-0.2, 0) is 9.53 Å². The smallest absolute Gasteiger partial charge is 0.367 e. The van der Waals surface area contributed by atoms with E-state index < -0.39 is 11.8 Å². The van der Waals surface area contributed by atoms with Crippen LogP contribution in [0, 0.1) is 0 Å². The summed E-state index contributed by atoms with van der Waals surface area (Å²) in [5.41, 5.74) is 0.646. The van der Waals surface area contributed by atoms with E-state index in [1.54, 1.807) is 24.3 Å². The molecule has 0 aliphatic heterocycles. The molecular formula is C13H15FO2. The van der Waals surface area contributed by atoms with Crippen LogP contribution in [0.2, 0.25) is 0 Å². The van der Waals surface area contributed by atoms with Gasteiger partial charge < -0.3 is 4.74 Å². The molecule has 0 radical (unpaired) electrons. The molecule has 0 bridgehead atoms. The summed E-state index contributed by atoms with van der Waals surface area (Å²) in [5.74, 6) is -1.75. The fourth-order valence-corrected chi connectivity index (χ4v) is 1.13. The Labute approximate surface area is 94.7 Å². The Kier molecular flexibility index (Phi) is 5.26. The number of ether oxygens (including phenoxy) is 1. The average molecular weight is 222 g/mol. The highest BCUT2D eigenvalue weighted by molar-refractivity contribution is 5.91. The average Bonchev–Trinajstić information content (AvgIpc) is 2.30. The van der Waals surface area contributed by atoms with Gasteiger partial charge in [0.25, 0.3) is 0 Å². The second-order valence-electron chi connectivity index (χ2n) is 3.39. The number of hydrogen-bond acceptors (Lipinski definition) is 2. The summed E-state index contributed by atoms with van der Waals surface area (Å²) in [7, 11) is 0. The normalized spacial score (nSPS) is 11.2. The molecule has 0 heterocycles. The molecule has 0 N–H and O–H groups in total. The van der Waals surface area contributed by atoms with Gasteiger partial charge in [0.2, 0.25) is 5.83 Å². The SMILES string of the molecule is CCCCOC(=O)/C(F)=C\c1ccccc1. The van der Waals surface area contributed by atoms with Gasteiger partial charge in [0.1, 0.15) is 0 Å². The molecule has 16 heavy (non-hydrogen) atoms. The monoisotopic (exact) mass is 222 g/mol. The van der Waals surface area contributed by atoms with Gasteiger partial charge in [-0.05, 0) is 18.1 Å². The van der Waals surface area contributed by atoms with E-state index in [9.17, 15) is 9.18 Å². The van der Waals surface area contributed by atoms with E-state index in [0.29, 0.717) is 5.56 Å². The first-order valence-electron chi connectivity index (χ1n) is 5.33. The second kappa shape index (κ2) is 6.77. The third-order valence-electron chi connectivity index (χ3n) is 2.02. The van der Waals surface area contributed by atoms with E-state index in [1.165, 1.54) is 6.08 Å². The van der Waals surface area contributed by atoms with Crippen LogP contribution in [0.4, 0.5) is 4.39 Å². The summed E-state index contributed by atoms with van der Waals surface area (Å²) in [6.07, 6.45) is 2.84. The summed E-state index contributed by atoms with van der Waals surface area (Å²) in [6.45, 7) is 2.25. The van der Waals surface area contributed by atoms with Gasteiger partial charge in [0.05, 0.1) is 6.61 Å². The summed E-state index contributed by atoms with van der Waals surface area (Å²) in [5, 5.41) is 0. The number of carbonyl (C=O) groups excluding carboxylic acids is 1. The quantitative estimate of drug-likeness (QED) is 0.434. The Balaban J connectivity index is 2.53. The van der Waals surface area contributed by atoms with Crippen LogP contribution in [0.1, 0.15) is 25.3 Å². The molecule has 0 spiro atoms. The van der Waals surface area contributed by atoms with Crippen molar-refractivity contribution in [2.75, 3.05) is 6.61 Å². The number of halogens is 1. The van der Waals surface area contributed by atoms with Crippen LogP contribution in [0.15, 0.2) is 36.2 Å². The third kappa shape index (κ3) is 4.26. The van der Waals surface area contributed by atoms with Crippen LogP contribution in [0.25, 0.3) is 6.08 Å². The minimum absolute atomic E-state index is 0.269. The molecule has 0 aliphatic rings. The standard InChI is InChI=1S/C13H15FO2/c1-2-3-9-16-13(15)12(14)10-11-7-5-4-6-8-11/h4-8,10H,2-3,9H2,1H3/b12-10+. The van der Waals surface area contributed by atoms with E-state index in [1.807, 2.05) is 13.0 Å². The fourth-order valence-electron chi connectivity index (χ4n) is 1.13. The summed E-state index contributed by atoms with van der Waals surface area (Å²) >= 11 is 0. The topological polar surface area (TPSA) is 26.3 Å². The highest BCUT2D eigenvalue weighted by atomic mass is 19.1. The molecule has 0 fully saturated rings. The number of hydrogen-bond donors (Lipinski definition) is 0. The first-order valence-corrected chi connectivity index (χ1v) is 5.33. The Hall–Kier alpha value is -1.64. The van der Waals surface area contributed by atoms with Crippen LogP contribution >= 0.6 is 0 Å². The van der Waals surface area contributed by atoms with Gasteiger partial charge in [-0.25, -0.2) is 4.79 Å². The molecule has 1 rings (SSSR count). The zero-order chi connectivity index (χ0) is 11.8. The van der Waals surface area contributed by atoms with Crippen LogP contribution in [0.3, 0.4) is 0 Å².